The number of halogens is 3. The average molecular weight is 433 g/mol. The van der Waals surface area contributed by atoms with Crippen molar-refractivity contribution >= 4 is 11.3 Å². The molecule has 4 nitrogen and oxygen atoms in total. The van der Waals surface area contributed by atoms with Crippen LogP contribution in [-0.4, -0.2) is 21.4 Å². The molecule has 0 radical (unpaired) electrons. The number of aromatic amines is 1. The van der Waals surface area contributed by atoms with E-state index in [0.717, 1.165) is 57.5 Å². The monoisotopic (exact) mass is 433 g/mol. The molecule has 0 amide bonds. The van der Waals surface area contributed by atoms with Crippen molar-refractivity contribution in [3.8, 4) is 10.4 Å². The molecule has 3 aromatic rings. The van der Waals surface area contributed by atoms with Crippen LogP contribution >= 0.6 is 11.3 Å². The lowest BCUT2D eigenvalue weighted by Gasteiger charge is -2.27. The number of aromatic nitrogens is 2. The van der Waals surface area contributed by atoms with E-state index in [9.17, 15) is 18.0 Å². The highest BCUT2D eigenvalue weighted by Crippen LogP contribution is 2.33. The summed E-state index contributed by atoms with van der Waals surface area (Å²) in [7, 11) is 0. The molecule has 30 heavy (non-hydrogen) atoms. The molecule has 0 saturated heterocycles. The van der Waals surface area contributed by atoms with Crippen molar-refractivity contribution in [2.45, 2.75) is 45.5 Å². The van der Waals surface area contributed by atoms with E-state index in [1.165, 1.54) is 12.1 Å². The van der Waals surface area contributed by atoms with Crippen LogP contribution in [0.2, 0.25) is 0 Å². The summed E-state index contributed by atoms with van der Waals surface area (Å²) in [5, 5.41) is 0. The Balaban J connectivity index is 1.47. The first-order chi connectivity index (χ1) is 14.2. The summed E-state index contributed by atoms with van der Waals surface area (Å²) in [6.07, 6.45) is -3.59. The zero-order chi connectivity index (χ0) is 21.5. The molecule has 4 rings (SSSR count). The predicted molar refractivity (Wildman–Crippen MR) is 112 cm³/mol. The van der Waals surface area contributed by atoms with Gasteiger partial charge in [-0.3, -0.25) is 9.69 Å². The molecule has 3 heterocycles. The first-order valence-corrected chi connectivity index (χ1v) is 10.6. The number of alkyl halides is 3. The fourth-order valence-electron chi connectivity index (χ4n) is 3.57. The standard InChI is InChI=1S/C22H22F3N3OS/c1-13(2)20-26-18-9-10-28(12-17(18)21(29)27-20)11-16-7-8-19(30-16)14-3-5-15(6-4-14)22(23,24)25/h3-8,13H,9-12H2,1-2H3,(H,26,27,29). The second kappa shape index (κ2) is 8.00. The van der Waals surface area contributed by atoms with Crippen molar-refractivity contribution < 1.29 is 13.2 Å². The number of hydrogen-bond acceptors (Lipinski definition) is 4. The molecule has 1 aliphatic heterocycles. The van der Waals surface area contributed by atoms with E-state index in [1.54, 1.807) is 11.3 Å². The average Bonchev–Trinajstić information content (AvgIpc) is 3.16. The molecular formula is C22H22F3N3OS. The van der Waals surface area contributed by atoms with Crippen LogP contribution in [0.15, 0.2) is 41.2 Å². The molecule has 0 atom stereocenters. The van der Waals surface area contributed by atoms with Crippen molar-refractivity contribution in [2.24, 2.45) is 0 Å². The number of thiophene rings is 1. The number of H-pyrrole nitrogens is 1. The fourth-order valence-corrected chi connectivity index (χ4v) is 4.63. The Hall–Kier alpha value is -2.45. The van der Waals surface area contributed by atoms with Gasteiger partial charge in [-0.05, 0) is 29.8 Å². The zero-order valence-corrected chi connectivity index (χ0v) is 17.5. The van der Waals surface area contributed by atoms with E-state index in [-0.39, 0.29) is 11.5 Å². The van der Waals surface area contributed by atoms with Gasteiger partial charge in [0.25, 0.3) is 5.56 Å². The Morgan fingerprint density at radius 1 is 1.17 bits per heavy atom. The highest BCUT2D eigenvalue weighted by Gasteiger charge is 2.30. The topological polar surface area (TPSA) is 49.0 Å². The second-order valence-corrected chi connectivity index (χ2v) is 9.00. The Bertz CT molecular complexity index is 1100. The van der Waals surface area contributed by atoms with Gasteiger partial charge in [-0.2, -0.15) is 13.2 Å². The summed E-state index contributed by atoms with van der Waals surface area (Å²) >= 11 is 1.56. The minimum absolute atomic E-state index is 0.0648. The predicted octanol–water partition coefficient (Wildman–Crippen LogP) is 5.20. The number of benzene rings is 1. The van der Waals surface area contributed by atoms with Crippen molar-refractivity contribution in [3.05, 3.63) is 74.3 Å². The highest BCUT2D eigenvalue weighted by molar-refractivity contribution is 7.15. The van der Waals surface area contributed by atoms with Crippen molar-refractivity contribution in [1.29, 1.82) is 0 Å². The molecule has 0 unspecified atom stereocenters. The summed E-state index contributed by atoms with van der Waals surface area (Å²) in [4.78, 5) is 24.2. The summed E-state index contributed by atoms with van der Waals surface area (Å²) in [5.41, 5.74) is 1.67. The normalized spacial score (nSPS) is 14.9. The highest BCUT2D eigenvalue weighted by atomic mass is 32.1. The first-order valence-electron chi connectivity index (χ1n) is 9.81. The van der Waals surface area contributed by atoms with Crippen LogP contribution in [0, 0.1) is 0 Å². The van der Waals surface area contributed by atoms with E-state index in [2.05, 4.69) is 14.9 Å². The van der Waals surface area contributed by atoms with Gasteiger partial charge < -0.3 is 4.98 Å². The Labute approximate surface area is 176 Å². The lowest BCUT2D eigenvalue weighted by Crippen LogP contribution is -2.35. The molecule has 1 aromatic carbocycles. The first kappa shape index (κ1) is 20.8. The van der Waals surface area contributed by atoms with Crippen LogP contribution in [0.3, 0.4) is 0 Å². The number of fused-ring (bicyclic) bond motifs is 1. The third-order valence-corrected chi connectivity index (χ3v) is 6.37. The third kappa shape index (κ3) is 4.34. The quantitative estimate of drug-likeness (QED) is 0.615. The molecule has 1 aliphatic rings. The molecule has 0 saturated carbocycles. The van der Waals surface area contributed by atoms with Gasteiger partial charge in [-0.25, -0.2) is 4.98 Å². The minimum atomic E-state index is -4.33. The molecule has 0 bridgehead atoms. The summed E-state index contributed by atoms with van der Waals surface area (Å²) in [6.45, 7) is 6.06. The maximum absolute atomic E-state index is 12.8. The Kier molecular flexibility index (Phi) is 5.55. The van der Waals surface area contributed by atoms with Crippen molar-refractivity contribution in [3.63, 3.8) is 0 Å². The van der Waals surface area contributed by atoms with Gasteiger partial charge in [-0.1, -0.05) is 26.0 Å². The lowest BCUT2D eigenvalue weighted by atomic mass is 10.1. The van der Waals surface area contributed by atoms with Crippen LogP contribution in [0.25, 0.3) is 10.4 Å². The van der Waals surface area contributed by atoms with Gasteiger partial charge in [0.2, 0.25) is 0 Å². The number of hydrogen-bond donors (Lipinski definition) is 1. The molecule has 158 valence electrons. The largest absolute Gasteiger partial charge is 0.416 e. The molecule has 0 aliphatic carbocycles. The molecule has 8 heteroatoms. The summed E-state index contributed by atoms with van der Waals surface area (Å²) < 4.78 is 38.3. The van der Waals surface area contributed by atoms with Gasteiger partial charge in [0.1, 0.15) is 5.82 Å². The van der Waals surface area contributed by atoms with Gasteiger partial charge in [0.05, 0.1) is 16.8 Å². The fraction of sp³-hybridized carbons (Fsp3) is 0.364. The van der Waals surface area contributed by atoms with Crippen LogP contribution in [0.5, 0.6) is 0 Å². The summed E-state index contributed by atoms with van der Waals surface area (Å²) in [6, 6.07) is 9.17. The van der Waals surface area contributed by atoms with E-state index in [4.69, 9.17) is 0 Å². The smallest absolute Gasteiger partial charge is 0.310 e. The van der Waals surface area contributed by atoms with Gasteiger partial charge in [0, 0.05) is 41.7 Å². The molecule has 0 fully saturated rings. The van der Waals surface area contributed by atoms with Crippen molar-refractivity contribution in [2.75, 3.05) is 6.54 Å². The molecule has 1 N–H and O–H groups in total. The minimum Gasteiger partial charge on any atom is -0.310 e. The van der Waals surface area contributed by atoms with Gasteiger partial charge >= 0.3 is 6.18 Å². The van der Waals surface area contributed by atoms with Crippen LogP contribution in [0.4, 0.5) is 13.2 Å². The van der Waals surface area contributed by atoms with E-state index >= 15 is 0 Å². The number of nitrogens with one attached hydrogen (secondary N) is 1. The number of rotatable bonds is 4. The third-order valence-electron chi connectivity index (χ3n) is 5.25. The lowest BCUT2D eigenvalue weighted by molar-refractivity contribution is -0.137. The van der Waals surface area contributed by atoms with Crippen LogP contribution in [-0.2, 0) is 25.7 Å². The summed E-state index contributed by atoms with van der Waals surface area (Å²) in [5.74, 6) is 0.905. The molecular weight excluding hydrogens is 411 g/mol. The van der Waals surface area contributed by atoms with E-state index in [1.807, 2.05) is 26.0 Å². The maximum Gasteiger partial charge on any atom is 0.416 e. The second-order valence-electron chi connectivity index (χ2n) is 7.83. The van der Waals surface area contributed by atoms with E-state index < -0.39 is 11.7 Å². The molecule has 2 aromatic heterocycles. The van der Waals surface area contributed by atoms with E-state index in [0.29, 0.717) is 13.1 Å². The number of nitrogens with zero attached hydrogens (tertiary/aromatic N) is 2. The van der Waals surface area contributed by atoms with Gasteiger partial charge in [-0.15, -0.1) is 11.3 Å². The Morgan fingerprint density at radius 3 is 2.57 bits per heavy atom. The van der Waals surface area contributed by atoms with Gasteiger partial charge in [0.15, 0.2) is 0 Å². The Morgan fingerprint density at radius 2 is 1.90 bits per heavy atom. The molecule has 0 spiro atoms. The van der Waals surface area contributed by atoms with Crippen LogP contribution in [0.1, 0.15) is 47.3 Å². The zero-order valence-electron chi connectivity index (χ0n) is 16.7. The maximum atomic E-state index is 12.8. The van der Waals surface area contributed by atoms with Crippen LogP contribution < -0.4 is 5.56 Å². The van der Waals surface area contributed by atoms with Crippen molar-refractivity contribution in [1.82, 2.24) is 14.9 Å². The SMILES string of the molecule is CC(C)c1nc2c(c(=O)[nH]1)CN(Cc1ccc(-c3ccc(C(F)(F)F)cc3)s1)CC2.